The highest BCUT2D eigenvalue weighted by atomic mass is 35.5. The average molecular weight is 440 g/mol. The van der Waals surface area contributed by atoms with Crippen LogP contribution in [0.1, 0.15) is 30.9 Å². The van der Waals surface area contributed by atoms with Crippen LogP contribution < -0.4 is 4.74 Å². The summed E-state index contributed by atoms with van der Waals surface area (Å²) < 4.78 is 47.1. The maximum Gasteiger partial charge on any atom is 0.417 e. The summed E-state index contributed by atoms with van der Waals surface area (Å²) in [6.45, 7) is 6.58. The first-order valence-electron chi connectivity index (χ1n) is 9.43. The van der Waals surface area contributed by atoms with Gasteiger partial charge in [-0.15, -0.1) is 0 Å². The molecule has 1 atom stereocenters. The zero-order valence-electron chi connectivity index (χ0n) is 16.3. The van der Waals surface area contributed by atoms with Crippen LogP contribution >= 0.6 is 11.6 Å². The number of alkyl halides is 3. The third-order valence-corrected chi connectivity index (χ3v) is 5.26. The maximum absolute atomic E-state index is 13.9. The average Bonchev–Trinajstić information content (AvgIpc) is 3.22. The fourth-order valence-electron chi connectivity index (χ4n) is 3.43. The van der Waals surface area contributed by atoms with Crippen LogP contribution in [0.15, 0.2) is 43.0 Å². The van der Waals surface area contributed by atoms with Crippen molar-refractivity contribution in [3.05, 3.63) is 59.1 Å². The van der Waals surface area contributed by atoms with Crippen LogP contribution in [0.2, 0.25) is 5.02 Å². The number of likely N-dealkylation sites (tertiary alicyclic amines) is 1. The molecule has 0 unspecified atom stereocenters. The molecule has 0 bridgehead atoms. The Kier molecular flexibility index (Phi) is 6.31. The first-order chi connectivity index (χ1) is 14.1. The van der Waals surface area contributed by atoms with E-state index in [9.17, 15) is 18.0 Å². The number of nitrogens with zero attached hydrogens (tertiary/aromatic N) is 1. The van der Waals surface area contributed by atoms with Crippen molar-refractivity contribution in [2.24, 2.45) is 0 Å². The molecule has 4 nitrogen and oxygen atoms in total. The van der Waals surface area contributed by atoms with Gasteiger partial charge in [0.25, 0.3) is 0 Å². The fourth-order valence-corrected chi connectivity index (χ4v) is 3.60. The van der Waals surface area contributed by atoms with Gasteiger partial charge in [-0.2, -0.15) is 13.2 Å². The Morgan fingerprint density at radius 2 is 1.87 bits per heavy atom. The van der Waals surface area contributed by atoms with Crippen molar-refractivity contribution < 1.29 is 27.8 Å². The Hall–Kier alpha value is -2.67. The zero-order valence-corrected chi connectivity index (χ0v) is 17.1. The molecule has 0 radical (unpaired) electrons. The van der Waals surface area contributed by atoms with E-state index in [1.165, 1.54) is 37.3 Å². The molecule has 0 aromatic heterocycles. The summed E-state index contributed by atoms with van der Waals surface area (Å²) in [6.07, 6.45) is -3.93. The van der Waals surface area contributed by atoms with Gasteiger partial charge in [-0.1, -0.05) is 30.3 Å². The van der Waals surface area contributed by atoms with Gasteiger partial charge in [-0.3, -0.25) is 0 Å². The molecule has 0 spiro atoms. The van der Waals surface area contributed by atoms with E-state index >= 15 is 0 Å². The number of carbonyl (C=O) groups is 1. The molecule has 2 aromatic rings. The van der Waals surface area contributed by atoms with Crippen molar-refractivity contribution in [1.82, 2.24) is 4.90 Å². The normalized spacial score (nSPS) is 15.2. The molecule has 8 heteroatoms. The minimum atomic E-state index is -4.60. The smallest absolute Gasteiger partial charge is 0.417 e. The third-order valence-electron chi connectivity index (χ3n) is 5.03. The summed E-state index contributed by atoms with van der Waals surface area (Å²) in [4.78, 5) is 13.0. The van der Waals surface area contributed by atoms with Gasteiger partial charge < -0.3 is 14.7 Å². The van der Waals surface area contributed by atoms with Crippen LogP contribution in [0.3, 0.4) is 0 Å². The Bertz CT molecular complexity index is 969. The molecule has 1 N–H and O–H groups in total. The van der Waals surface area contributed by atoms with Crippen LogP contribution in [0, 0.1) is 0 Å². The van der Waals surface area contributed by atoms with Gasteiger partial charge in [0.15, 0.2) is 6.10 Å². The highest BCUT2D eigenvalue weighted by Crippen LogP contribution is 2.41. The number of benzene rings is 2. The fraction of sp³-hybridized carbons (Fsp3) is 0.318. The quantitative estimate of drug-likeness (QED) is 0.604. The highest BCUT2D eigenvalue weighted by Gasteiger charge is 2.35. The lowest BCUT2D eigenvalue weighted by Crippen LogP contribution is -2.23. The summed E-state index contributed by atoms with van der Waals surface area (Å²) in [6, 6.07) is 8.35. The predicted octanol–water partition coefficient (Wildman–Crippen LogP) is 5.94. The van der Waals surface area contributed by atoms with Gasteiger partial charge in [0, 0.05) is 34.9 Å². The number of aliphatic carboxylic acids is 1. The van der Waals surface area contributed by atoms with Crippen LogP contribution in [0.4, 0.5) is 13.2 Å². The lowest BCUT2D eigenvalue weighted by atomic mass is 9.96. The summed E-state index contributed by atoms with van der Waals surface area (Å²) in [5.41, 5.74) is 0.0499. The Morgan fingerprint density at radius 3 is 2.47 bits per heavy atom. The standard InChI is InChI=1S/C22H21ClF3NO3/c1-13(27-9-3-4-10-27)17-7-5-15(11-19(17)22(24,25)26)18-12-16(23)6-8-20(18)30-14(2)21(28)29/h5-8,11-12,14H,1,3-4,9-10H2,2H3,(H,28,29)/t14-/m0/s1. The minimum Gasteiger partial charge on any atom is -0.479 e. The lowest BCUT2D eigenvalue weighted by molar-refractivity contribution is -0.144. The SMILES string of the molecule is C=C(c1ccc(-c2cc(Cl)ccc2O[C@@H](C)C(=O)O)cc1C(F)(F)F)N1CCCC1. The second kappa shape index (κ2) is 8.60. The van der Waals surface area contributed by atoms with E-state index in [2.05, 4.69) is 6.58 Å². The van der Waals surface area contributed by atoms with E-state index in [1.54, 1.807) is 0 Å². The van der Waals surface area contributed by atoms with Crippen molar-refractivity contribution in [3.8, 4) is 16.9 Å². The molecule has 1 fully saturated rings. The summed E-state index contributed by atoms with van der Waals surface area (Å²) in [7, 11) is 0. The van der Waals surface area contributed by atoms with Crippen molar-refractivity contribution in [2.45, 2.75) is 32.0 Å². The zero-order chi connectivity index (χ0) is 22.1. The number of ether oxygens (including phenoxy) is 1. The molecular weight excluding hydrogens is 419 g/mol. The topological polar surface area (TPSA) is 49.8 Å². The molecule has 0 amide bonds. The molecule has 160 valence electrons. The Labute approximate surface area is 177 Å². The second-order valence-electron chi connectivity index (χ2n) is 7.14. The molecule has 3 rings (SSSR count). The van der Waals surface area contributed by atoms with Crippen LogP contribution in [0.25, 0.3) is 16.8 Å². The van der Waals surface area contributed by atoms with Crippen molar-refractivity contribution in [3.63, 3.8) is 0 Å². The number of carboxylic acid groups (broad SMARTS) is 1. The van der Waals surface area contributed by atoms with Gasteiger partial charge in [0.05, 0.1) is 5.56 Å². The van der Waals surface area contributed by atoms with Crippen molar-refractivity contribution >= 4 is 23.3 Å². The first-order valence-corrected chi connectivity index (χ1v) is 9.80. The Morgan fingerprint density at radius 1 is 1.20 bits per heavy atom. The van der Waals surface area contributed by atoms with E-state index in [0.717, 1.165) is 18.9 Å². The summed E-state index contributed by atoms with van der Waals surface area (Å²) in [5, 5.41) is 9.39. The van der Waals surface area contributed by atoms with Gasteiger partial charge >= 0.3 is 12.1 Å². The van der Waals surface area contributed by atoms with Crippen LogP contribution in [0.5, 0.6) is 5.75 Å². The van der Waals surface area contributed by atoms with Crippen LogP contribution in [-0.2, 0) is 11.0 Å². The van der Waals surface area contributed by atoms with Gasteiger partial charge in [-0.05, 0) is 49.6 Å². The second-order valence-corrected chi connectivity index (χ2v) is 7.57. The van der Waals surface area contributed by atoms with E-state index in [0.29, 0.717) is 23.8 Å². The number of carboxylic acids is 1. The summed E-state index contributed by atoms with van der Waals surface area (Å²) >= 11 is 6.05. The van der Waals surface area contributed by atoms with Crippen molar-refractivity contribution in [1.29, 1.82) is 0 Å². The molecule has 1 heterocycles. The minimum absolute atomic E-state index is 0.0246. The lowest BCUT2D eigenvalue weighted by Gasteiger charge is -2.24. The third kappa shape index (κ3) is 4.73. The monoisotopic (exact) mass is 439 g/mol. The number of hydrogen-bond acceptors (Lipinski definition) is 3. The maximum atomic E-state index is 13.9. The van der Waals surface area contributed by atoms with Crippen LogP contribution in [-0.4, -0.2) is 35.2 Å². The van der Waals surface area contributed by atoms with E-state index in [1.807, 2.05) is 4.90 Å². The van der Waals surface area contributed by atoms with Gasteiger partial charge in [0.2, 0.25) is 0 Å². The molecule has 1 aliphatic heterocycles. The molecule has 1 saturated heterocycles. The van der Waals surface area contributed by atoms with Gasteiger partial charge in [0.1, 0.15) is 5.75 Å². The molecule has 2 aromatic carbocycles. The predicted molar refractivity (Wildman–Crippen MR) is 109 cm³/mol. The molecule has 30 heavy (non-hydrogen) atoms. The largest absolute Gasteiger partial charge is 0.479 e. The van der Waals surface area contributed by atoms with Crippen molar-refractivity contribution in [2.75, 3.05) is 13.1 Å². The number of hydrogen-bond donors (Lipinski definition) is 1. The van der Waals surface area contributed by atoms with E-state index < -0.39 is 23.8 Å². The molecule has 0 aliphatic carbocycles. The highest BCUT2D eigenvalue weighted by molar-refractivity contribution is 6.31. The first kappa shape index (κ1) is 22.0. The number of rotatable bonds is 6. The Balaban J connectivity index is 2.08. The number of halogens is 4. The molecular formula is C22H21ClF3NO3. The molecule has 0 saturated carbocycles. The van der Waals surface area contributed by atoms with E-state index in [-0.39, 0.29) is 22.4 Å². The molecule has 1 aliphatic rings. The van der Waals surface area contributed by atoms with Gasteiger partial charge in [-0.25, -0.2) is 4.79 Å². The van der Waals surface area contributed by atoms with E-state index in [4.69, 9.17) is 21.4 Å². The summed E-state index contributed by atoms with van der Waals surface area (Å²) in [5.74, 6) is -1.06.